The lowest BCUT2D eigenvalue weighted by molar-refractivity contribution is 0.0867. The van der Waals surface area contributed by atoms with Gasteiger partial charge in [-0.05, 0) is 44.5 Å². The SMILES string of the molecule is CNC(CCN1CCCCC1CO)c1cccc(Cl)c1Cl. The summed E-state index contributed by atoms with van der Waals surface area (Å²) in [5, 5.41) is 14.0. The Morgan fingerprint density at radius 2 is 2.19 bits per heavy atom. The Labute approximate surface area is 137 Å². The fourth-order valence-corrected chi connectivity index (χ4v) is 3.54. The summed E-state index contributed by atoms with van der Waals surface area (Å²) in [5.74, 6) is 0. The van der Waals surface area contributed by atoms with Crippen LogP contribution in [0.4, 0.5) is 0 Å². The molecule has 0 radical (unpaired) electrons. The molecule has 1 heterocycles. The van der Waals surface area contributed by atoms with E-state index in [9.17, 15) is 5.11 Å². The number of hydrogen-bond acceptors (Lipinski definition) is 3. The van der Waals surface area contributed by atoms with Gasteiger partial charge in [0.15, 0.2) is 0 Å². The Hall–Kier alpha value is -0.320. The lowest BCUT2D eigenvalue weighted by Crippen LogP contribution is -2.43. The zero-order chi connectivity index (χ0) is 15.2. The average molecular weight is 331 g/mol. The molecule has 2 atom stereocenters. The van der Waals surface area contributed by atoms with Crippen LogP contribution in [0.15, 0.2) is 18.2 Å². The summed E-state index contributed by atoms with van der Waals surface area (Å²) < 4.78 is 0. The molecule has 2 N–H and O–H groups in total. The molecule has 1 aliphatic rings. The molecule has 0 aromatic heterocycles. The van der Waals surface area contributed by atoms with E-state index in [0.717, 1.165) is 31.5 Å². The molecule has 0 spiro atoms. The predicted octanol–water partition coefficient (Wildman–Crippen LogP) is 3.49. The number of rotatable bonds is 6. The standard InChI is InChI=1S/C16H24Cl2N2O/c1-19-15(13-6-4-7-14(17)16(13)18)8-10-20-9-3-2-5-12(20)11-21/h4,6-7,12,15,19,21H,2-3,5,8-11H2,1H3. The number of halogens is 2. The van der Waals surface area contributed by atoms with E-state index in [1.807, 2.05) is 25.2 Å². The molecule has 2 unspecified atom stereocenters. The summed E-state index contributed by atoms with van der Waals surface area (Å²) in [6.45, 7) is 2.28. The van der Waals surface area contributed by atoms with E-state index in [0.29, 0.717) is 16.1 Å². The summed E-state index contributed by atoms with van der Waals surface area (Å²) in [7, 11) is 1.95. The Balaban J connectivity index is 2.00. The topological polar surface area (TPSA) is 35.5 Å². The van der Waals surface area contributed by atoms with Gasteiger partial charge in [0.1, 0.15) is 0 Å². The van der Waals surface area contributed by atoms with Crippen LogP contribution in [-0.2, 0) is 0 Å². The maximum Gasteiger partial charge on any atom is 0.0640 e. The molecule has 2 rings (SSSR count). The van der Waals surface area contributed by atoms with Crippen LogP contribution in [0, 0.1) is 0 Å². The summed E-state index contributed by atoms with van der Waals surface area (Å²) >= 11 is 12.4. The quantitative estimate of drug-likeness (QED) is 0.838. The summed E-state index contributed by atoms with van der Waals surface area (Å²) in [6.07, 6.45) is 4.49. The molecule has 118 valence electrons. The van der Waals surface area contributed by atoms with Gasteiger partial charge in [0, 0.05) is 18.6 Å². The first kappa shape index (κ1) is 17.0. The van der Waals surface area contributed by atoms with Crippen LogP contribution in [0.3, 0.4) is 0 Å². The van der Waals surface area contributed by atoms with Gasteiger partial charge >= 0.3 is 0 Å². The fourth-order valence-electron chi connectivity index (χ4n) is 3.10. The first-order chi connectivity index (χ1) is 10.2. The van der Waals surface area contributed by atoms with Crippen molar-refractivity contribution in [3.63, 3.8) is 0 Å². The number of nitrogens with one attached hydrogen (secondary N) is 1. The maximum absolute atomic E-state index is 9.49. The molecule has 1 fully saturated rings. The number of piperidine rings is 1. The van der Waals surface area contributed by atoms with Crippen molar-refractivity contribution in [1.29, 1.82) is 0 Å². The summed E-state index contributed by atoms with van der Waals surface area (Å²) in [5.41, 5.74) is 1.05. The van der Waals surface area contributed by atoms with Crippen LogP contribution in [0.25, 0.3) is 0 Å². The van der Waals surface area contributed by atoms with Crippen molar-refractivity contribution < 1.29 is 5.11 Å². The lowest BCUT2D eigenvalue weighted by Gasteiger charge is -2.35. The number of aliphatic hydroxyl groups is 1. The highest BCUT2D eigenvalue weighted by Crippen LogP contribution is 2.31. The third-order valence-corrected chi connectivity index (χ3v) is 5.20. The first-order valence-corrected chi connectivity index (χ1v) is 8.39. The first-order valence-electron chi connectivity index (χ1n) is 7.63. The minimum Gasteiger partial charge on any atom is -0.395 e. The van der Waals surface area contributed by atoms with Crippen LogP contribution in [0.1, 0.15) is 37.3 Å². The molecular formula is C16H24Cl2N2O. The molecule has 5 heteroatoms. The van der Waals surface area contributed by atoms with Crippen molar-refractivity contribution in [3.05, 3.63) is 33.8 Å². The summed E-state index contributed by atoms with van der Waals surface area (Å²) in [6, 6.07) is 6.26. The molecule has 1 aliphatic heterocycles. The predicted molar refractivity (Wildman–Crippen MR) is 89.2 cm³/mol. The van der Waals surface area contributed by atoms with E-state index in [-0.39, 0.29) is 12.6 Å². The molecule has 0 aliphatic carbocycles. The van der Waals surface area contributed by atoms with Crippen LogP contribution >= 0.6 is 23.2 Å². The lowest BCUT2D eigenvalue weighted by atomic mass is 9.99. The van der Waals surface area contributed by atoms with Gasteiger partial charge in [0.05, 0.1) is 16.7 Å². The fraction of sp³-hybridized carbons (Fsp3) is 0.625. The van der Waals surface area contributed by atoms with Gasteiger partial charge in [-0.2, -0.15) is 0 Å². The highest BCUT2D eigenvalue weighted by atomic mass is 35.5. The normalized spacial score (nSPS) is 21.4. The zero-order valence-corrected chi connectivity index (χ0v) is 14.0. The molecule has 1 saturated heterocycles. The largest absolute Gasteiger partial charge is 0.395 e. The number of benzene rings is 1. The Morgan fingerprint density at radius 3 is 2.90 bits per heavy atom. The molecule has 0 saturated carbocycles. The highest BCUT2D eigenvalue weighted by molar-refractivity contribution is 6.42. The number of hydrogen-bond donors (Lipinski definition) is 2. The van der Waals surface area contributed by atoms with Gasteiger partial charge in [-0.1, -0.05) is 41.8 Å². The van der Waals surface area contributed by atoms with E-state index < -0.39 is 0 Å². The zero-order valence-electron chi connectivity index (χ0n) is 12.5. The van der Waals surface area contributed by atoms with Gasteiger partial charge < -0.3 is 10.4 Å². The number of aliphatic hydroxyl groups excluding tert-OH is 1. The smallest absolute Gasteiger partial charge is 0.0640 e. The van der Waals surface area contributed by atoms with Crippen LogP contribution in [0.5, 0.6) is 0 Å². The monoisotopic (exact) mass is 330 g/mol. The average Bonchev–Trinajstić information content (AvgIpc) is 2.52. The van der Waals surface area contributed by atoms with Crippen molar-refractivity contribution >= 4 is 23.2 Å². The van der Waals surface area contributed by atoms with Crippen molar-refractivity contribution in [1.82, 2.24) is 10.2 Å². The minimum atomic E-state index is 0.178. The molecular weight excluding hydrogens is 307 g/mol. The van der Waals surface area contributed by atoms with E-state index in [2.05, 4.69) is 10.2 Å². The van der Waals surface area contributed by atoms with Gasteiger partial charge in [-0.3, -0.25) is 4.90 Å². The highest BCUT2D eigenvalue weighted by Gasteiger charge is 2.23. The van der Waals surface area contributed by atoms with Gasteiger partial charge in [0.2, 0.25) is 0 Å². The van der Waals surface area contributed by atoms with Crippen molar-refractivity contribution in [2.45, 2.75) is 37.8 Å². The number of nitrogens with zero attached hydrogens (tertiary/aromatic N) is 1. The van der Waals surface area contributed by atoms with Crippen LogP contribution in [-0.4, -0.2) is 42.8 Å². The Morgan fingerprint density at radius 1 is 1.38 bits per heavy atom. The summed E-state index contributed by atoms with van der Waals surface area (Å²) in [4.78, 5) is 2.40. The third-order valence-electron chi connectivity index (χ3n) is 4.37. The van der Waals surface area contributed by atoms with E-state index in [4.69, 9.17) is 23.2 Å². The Bertz CT molecular complexity index is 456. The molecule has 1 aromatic rings. The number of likely N-dealkylation sites (tertiary alicyclic amines) is 1. The van der Waals surface area contributed by atoms with Crippen LogP contribution < -0.4 is 5.32 Å². The van der Waals surface area contributed by atoms with Gasteiger partial charge in [-0.25, -0.2) is 0 Å². The van der Waals surface area contributed by atoms with Gasteiger partial charge in [-0.15, -0.1) is 0 Å². The Kier molecular flexibility index (Phi) is 6.77. The minimum absolute atomic E-state index is 0.178. The van der Waals surface area contributed by atoms with Crippen molar-refractivity contribution in [3.8, 4) is 0 Å². The van der Waals surface area contributed by atoms with Crippen molar-refractivity contribution in [2.75, 3.05) is 26.7 Å². The second-order valence-electron chi connectivity index (χ2n) is 5.64. The van der Waals surface area contributed by atoms with E-state index >= 15 is 0 Å². The molecule has 3 nitrogen and oxygen atoms in total. The van der Waals surface area contributed by atoms with Gasteiger partial charge in [0.25, 0.3) is 0 Å². The second-order valence-corrected chi connectivity index (χ2v) is 6.43. The molecule has 21 heavy (non-hydrogen) atoms. The second kappa shape index (κ2) is 8.35. The maximum atomic E-state index is 9.49. The van der Waals surface area contributed by atoms with E-state index in [1.165, 1.54) is 12.8 Å². The third kappa shape index (κ3) is 4.33. The molecule has 0 bridgehead atoms. The van der Waals surface area contributed by atoms with Crippen LogP contribution in [0.2, 0.25) is 10.0 Å². The molecule has 1 aromatic carbocycles. The van der Waals surface area contributed by atoms with Crippen molar-refractivity contribution in [2.24, 2.45) is 0 Å². The molecule has 0 amide bonds. The van der Waals surface area contributed by atoms with E-state index in [1.54, 1.807) is 0 Å².